The minimum atomic E-state index is 0.999. The van der Waals surface area contributed by atoms with E-state index in [4.69, 9.17) is 0 Å². The minimum absolute atomic E-state index is 0.999. The molecule has 0 bridgehead atoms. The molecule has 1 N–H and O–H groups in total. The molecule has 3 rings (SSSR count). The van der Waals surface area contributed by atoms with E-state index in [1.54, 1.807) is 0 Å². The van der Waals surface area contributed by atoms with Crippen molar-refractivity contribution in [2.75, 3.05) is 6.54 Å². The summed E-state index contributed by atoms with van der Waals surface area (Å²) in [5.41, 5.74) is 8.47. The van der Waals surface area contributed by atoms with Gasteiger partial charge in [0.05, 0.1) is 0 Å². The number of hydrogen-bond donors (Lipinski definition) is 1. The summed E-state index contributed by atoms with van der Waals surface area (Å²) in [5, 5.41) is 3.49. The molecular formula is C17H19N. The van der Waals surface area contributed by atoms with Crippen molar-refractivity contribution in [1.82, 2.24) is 5.32 Å². The molecule has 2 aromatic rings. The second kappa shape index (κ2) is 4.58. The summed E-state index contributed by atoms with van der Waals surface area (Å²) in [6, 6.07) is 13.4. The highest BCUT2D eigenvalue weighted by atomic mass is 14.9. The Hall–Kier alpha value is -1.60. The van der Waals surface area contributed by atoms with Crippen LogP contribution >= 0.6 is 0 Å². The van der Waals surface area contributed by atoms with Gasteiger partial charge in [0.25, 0.3) is 0 Å². The number of aryl methyl sites for hydroxylation is 2. The Kier molecular flexibility index (Phi) is 2.92. The van der Waals surface area contributed by atoms with Gasteiger partial charge in [-0.15, -0.1) is 0 Å². The van der Waals surface area contributed by atoms with E-state index in [1.165, 1.54) is 33.4 Å². The third-order valence-corrected chi connectivity index (χ3v) is 3.83. The molecule has 1 heteroatoms. The van der Waals surface area contributed by atoms with Crippen molar-refractivity contribution in [3.63, 3.8) is 0 Å². The first-order valence-corrected chi connectivity index (χ1v) is 6.65. The molecule has 0 fully saturated rings. The molecule has 0 unspecified atom stereocenters. The molecule has 0 radical (unpaired) electrons. The molecular weight excluding hydrogens is 218 g/mol. The van der Waals surface area contributed by atoms with Gasteiger partial charge in [0.1, 0.15) is 0 Å². The highest BCUT2D eigenvalue weighted by molar-refractivity contribution is 5.72. The third kappa shape index (κ3) is 1.95. The standard InChI is InChI=1S/C17H19N/c1-12-6-7-13(2)16(10-12)15-5-3-4-14-8-9-18-11-17(14)15/h3-7,10,18H,8-9,11H2,1-2H3. The summed E-state index contributed by atoms with van der Waals surface area (Å²) in [6.45, 7) is 6.46. The van der Waals surface area contributed by atoms with Gasteiger partial charge in [-0.25, -0.2) is 0 Å². The summed E-state index contributed by atoms with van der Waals surface area (Å²) in [5.74, 6) is 0. The fraction of sp³-hybridized carbons (Fsp3) is 0.294. The van der Waals surface area contributed by atoms with Crippen LogP contribution < -0.4 is 5.32 Å². The zero-order chi connectivity index (χ0) is 12.5. The lowest BCUT2D eigenvalue weighted by Gasteiger charge is -2.21. The van der Waals surface area contributed by atoms with E-state index in [-0.39, 0.29) is 0 Å². The van der Waals surface area contributed by atoms with Gasteiger partial charge in [-0.2, -0.15) is 0 Å². The fourth-order valence-electron chi connectivity index (χ4n) is 2.79. The van der Waals surface area contributed by atoms with Crippen LogP contribution in [0.1, 0.15) is 22.3 Å². The van der Waals surface area contributed by atoms with E-state index in [1.807, 2.05) is 0 Å². The van der Waals surface area contributed by atoms with Gasteiger partial charge in [0, 0.05) is 6.54 Å². The molecule has 1 nitrogen and oxygen atoms in total. The van der Waals surface area contributed by atoms with Gasteiger partial charge >= 0.3 is 0 Å². The van der Waals surface area contributed by atoms with Crippen molar-refractivity contribution >= 4 is 0 Å². The zero-order valence-corrected chi connectivity index (χ0v) is 11.1. The van der Waals surface area contributed by atoms with Gasteiger partial charge in [0.2, 0.25) is 0 Å². The van der Waals surface area contributed by atoms with Crippen LogP contribution in [0.4, 0.5) is 0 Å². The monoisotopic (exact) mass is 237 g/mol. The Balaban J connectivity index is 2.19. The summed E-state index contributed by atoms with van der Waals surface area (Å²) in [7, 11) is 0. The van der Waals surface area contributed by atoms with Crippen LogP contribution in [-0.2, 0) is 13.0 Å². The number of benzene rings is 2. The van der Waals surface area contributed by atoms with Crippen molar-refractivity contribution in [2.45, 2.75) is 26.8 Å². The molecule has 0 aromatic heterocycles. The lowest BCUT2D eigenvalue weighted by atomic mass is 9.89. The first-order chi connectivity index (χ1) is 8.75. The highest BCUT2D eigenvalue weighted by Gasteiger charge is 2.14. The summed E-state index contributed by atoms with van der Waals surface area (Å²) in [4.78, 5) is 0. The van der Waals surface area contributed by atoms with Crippen LogP contribution in [0.5, 0.6) is 0 Å². The minimum Gasteiger partial charge on any atom is -0.312 e. The van der Waals surface area contributed by atoms with Gasteiger partial charge in [-0.1, -0.05) is 42.0 Å². The van der Waals surface area contributed by atoms with Crippen LogP contribution in [0.2, 0.25) is 0 Å². The van der Waals surface area contributed by atoms with Crippen LogP contribution in [0.25, 0.3) is 11.1 Å². The smallest absolute Gasteiger partial charge is 0.0214 e. The van der Waals surface area contributed by atoms with Gasteiger partial charge in [0.15, 0.2) is 0 Å². The van der Waals surface area contributed by atoms with E-state index in [9.17, 15) is 0 Å². The Morgan fingerprint density at radius 1 is 1.00 bits per heavy atom. The van der Waals surface area contributed by atoms with Crippen molar-refractivity contribution in [1.29, 1.82) is 0 Å². The SMILES string of the molecule is Cc1ccc(C)c(-c2cccc3c2CNCC3)c1. The summed E-state index contributed by atoms with van der Waals surface area (Å²) < 4.78 is 0. The maximum absolute atomic E-state index is 3.49. The van der Waals surface area contributed by atoms with E-state index < -0.39 is 0 Å². The van der Waals surface area contributed by atoms with Crippen molar-refractivity contribution < 1.29 is 0 Å². The number of nitrogens with one attached hydrogen (secondary N) is 1. The first-order valence-electron chi connectivity index (χ1n) is 6.65. The number of hydrogen-bond acceptors (Lipinski definition) is 1. The van der Waals surface area contributed by atoms with Crippen molar-refractivity contribution in [2.24, 2.45) is 0 Å². The first kappa shape index (κ1) is 11.5. The van der Waals surface area contributed by atoms with Crippen molar-refractivity contribution in [3.8, 4) is 11.1 Å². The Morgan fingerprint density at radius 2 is 1.89 bits per heavy atom. The van der Waals surface area contributed by atoms with Crippen LogP contribution in [0.15, 0.2) is 36.4 Å². The molecule has 0 amide bonds. The van der Waals surface area contributed by atoms with Crippen LogP contribution in [-0.4, -0.2) is 6.54 Å². The molecule has 18 heavy (non-hydrogen) atoms. The maximum Gasteiger partial charge on any atom is 0.0214 e. The van der Waals surface area contributed by atoms with E-state index in [0.717, 1.165) is 19.5 Å². The second-order valence-corrected chi connectivity index (χ2v) is 5.19. The quantitative estimate of drug-likeness (QED) is 0.799. The Labute approximate surface area is 109 Å². The molecule has 1 aliphatic heterocycles. The molecule has 0 spiro atoms. The number of fused-ring (bicyclic) bond motifs is 1. The molecule has 0 saturated heterocycles. The largest absolute Gasteiger partial charge is 0.312 e. The van der Waals surface area contributed by atoms with Crippen LogP contribution in [0, 0.1) is 13.8 Å². The zero-order valence-electron chi connectivity index (χ0n) is 11.1. The van der Waals surface area contributed by atoms with E-state index >= 15 is 0 Å². The predicted molar refractivity (Wildman–Crippen MR) is 76.8 cm³/mol. The van der Waals surface area contributed by atoms with E-state index in [2.05, 4.69) is 55.6 Å². The molecule has 0 aliphatic carbocycles. The molecule has 2 aromatic carbocycles. The molecule has 92 valence electrons. The molecule has 0 atom stereocenters. The van der Waals surface area contributed by atoms with Gasteiger partial charge in [-0.05, 0) is 54.6 Å². The molecule has 1 heterocycles. The average molecular weight is 237 g/mol. The lowest BCUT2D eigenvalue weighted by molar-refractivity contribution is 0.645. The van der Waals surface area contributed by atoms with Crippen LogP contribution in [0.3, 0.4) is 0 Å². The average Bonchev–Trinajstić information content (AvgIpc) is 2.41. The number of rotatable bonds is 1. The maximum atomic E-state index is 3.49. The normalized spacial score (nSPS) is 14.3. The van der Waals surface area contributed by atoms with Gasteiger partial charge < -0.3 is 5.32 Å². The molecule has 0 saturated carbocycles. The fourth-order valence-corrected chi connectivity index (χ4v) is 2.79. The second-order valence-electron chi connectivity index (χ2n) is 5.19. The van der Waals surface area contributed by atoms with Gasteiger partial charge in [-0.3, -0.25) is 0 Å². The van der Waals surface area contributed by atoms with E-state index in [0.29, 0.717) is 0 Å². The topological polar surface area (TPSA) is 12.0 Å². The molecule has 1 aliphatic rings. The lowest BCUT2D eigenvalue weighted by Crippen LogP contribution is -2.24. The Morgan fingerprint density at radius 3 is 2.78 bits per heavy atom. The van der Waals surface area contributed by atoms with Crippen molar-refractivity contribution in [3.05, 3.63) is 58.7 Å². The summed E-state index contributed by atoms with van der Waals surface area (Å²) >= 11 is 0. The highest BCUT2D eigenvalue weighted by Crippen LogP contribution is 2.31. The third-order valence-electron chi connectivity index (χ3n) is 3.83. The summed E-state index contributed by atoms with van der Waals surface area (Å²) in [6.07, 6.45) is 1.15. The predicted octanol–water partition coefficient (Wildman–Crippen LogP) is 3.62. The Bertz CT molecular complexity index is 584.